The van der Waals surface area contributed by atoms with Gasteiger partial charge in [0.05, 0.1) is 25.4 Å². The van der Waals surface area contributed by atoms with Crippen molar-refractivity contribution < 1.29 is 14.3 Å². The highest BCUT2D eigenvalue weighted by Gasteiger charge is 2.44. The summed E-state index contributed by atoms with van der Waals surface area (Å²) in [6.45, 7) is 5.56. The van der Waals surface area contributed by atoms with Gasteiger partial charge in [-0.05, 0) is 31.6 Å². The molecule has 2 aliphatic carbocycles. The largest absolute Gasteiger partial charge is 0.374 e. The lowest BCUT2D eigenvalue weighted by atomic mass is 10.0. The normalized spacial score (nSPS) is 35.0. The van der Waals surface area contributed by atoms with Crippen LogP contribution in [-0.2, 0) is 14.3 Å². The highest BCUT2D eigenvalue weighted by atomic mass is 16.5. The molecule has 1 saturated carbocycles. The molecule has 1 saturated heterocycles. The van der Waals surface area contributed by atoms with E-state index >= 15 is 0 Å². The van der Waals surface area contributed by atoms with Gasteiger partial charge in [-0.3, -0.25) is 4.79 Å². The van der Waals surface area contributed by atoms with Crippen molar-refractivity contribution >= 4 is 5.91 Å². The van der Waals surface area contributed by atoms with E-state index in [1.807, 2.05) is 4.90 Å². The van der Waals surface area contributed by atoms with E-state index in [4.69, 9.17) is 9.47 Å². The minimum absolute atomic E-state index is 0.00794. The molecule has 4 heteroatoms. The molecule has 0 aromatic heterocycles. The van der Waals surface area contributed by atoms with Crippen molar-refractivity contribution in [3.63, 3.8) is 0 Å². The molecule has 21 heavy (non-hydrogen) atoms. The first-order valence-corrected chi connectivity index (χ1v) is 8.10. The number of fused-ring (bicyclic) bond motifs is 2. The van der Waals surface area contributed by atoms with Crippen LogP contribution in [-0.4, -0.2) is 48.8 Å². The summed E-state index contributed by atoms with van der Waals surface area (Å²) < 4.78 is 11.8. The molecule has 0 unspecified atom stereocenters. The molecule has 3 aliphatic rings. The third-order valence-electron chi connectivity index (χ3n) is 4.83. The van der Waals surface area contributed by atoms with Crippen molar-refractivity contribution in [3.05, 3.63) is 24.8 Å². The van der Waals surface area contributed by atoms with Gasteiger partial charge in [-0.1, -0.05) is 18.2 Å². The van der Waals surface area contributed by atoms with E-state index in [1.165, 1.54) is 0 Å². The van der Waals surface area contributed by atoms with Crippen LogP contribution >= 0.6 is 0 Å². The number of carbonyl (C=O) groups excluding carboxylic acids is 1. The Kier molecular flexibility index (Phi) is 4.76. The molecule has 1 heterocycles. The van der Waals surface area contributed by atoms with E-state index in [2.05, 4.69) is 18.7 Å². The summed E-state index contributed by atoms with van der Waals surface area (Å²) in [4.78, 5) is 14.7. The Morgan fingerprint density at radius 3 is 3.10 bits per heavy atom. The Balaban J connectivity index is 1.66. The van der Waals surface area contributed by atoms with Gasteiger partial charge in [-0.15, -0.1) is 6.58 Å². The molecule has 3 rings (SSSR count). The van der Waals surface area contributed by atoms with Gasteiger partial charge < -0.3 is 14.4 Å². The molecule has 0 aromatic carbocycles. The van der Waals surface area contributed by atoms with Crippen LogP contribution in [0, 0.1) is 5.92 Å². The fraction of sp³-hybridized carbons (Fsp3) is 0.706. The summed E-state index contributed by atoms with van der Waals surface area (Å²) in [7, 11) is 0. The van der Waals surface area contributed by atoms with Crippen LogP contribution < -0.4 is 0 Å². The zero-order valence-electron chi connectivity index (χ0n) is 12.6. The van der Waals surface area contributed by atoms with Crippen molar-refractivity contribution in [2.45, 2.75) is 50.4 Å². The fourth-order valence-corrected chi connectivity index (χ4v) is 3.81. The summed E-state index contributed by atoms with van der Waals surface area (Å²) in [5.74, 6) is 0.682. The molecule has 4 atom stereocenters. The second-order valence-electron chi connectivity index (χ2n) is 6.20. The van der Waals surface area contributed by atoms with E-state index in [0.717, 1.165) is 25.7 Å². The molecule has 4 nitrogen and oxygen atoms in total. The summed E-state index contributed by atoms with van der Waals surface area (Å²) in [5, 5.41) is 0. The second-order valence-corrected chi connectivity index (χ2v) is 6.20. The minimum Gasteiger partial charge on any atom is -0.374 e. The maximum Gasteiger partial charge on any atom is 0.223 e. The summed E-state index contributed by atoms with van der Waals surface area (Å²) >= 11 is 0. The van der Waals surface area contributed by atoms with Gasteiger partial charge in [0.2, 0.25) is 5.91 Å². The van der Waals surface area contributed by atoms with Gasteiger partial charge in [-0.2, -0.15) is 0 Å². The summed E-state index contributed by atoms with van der Waals surface area (Å²) in [6, 6.07) is 0.176. The Hall–Kier alpha value is -1.13. The molecular weight excluding hydrogens is 266 g/mol. The first-order valence-electron chi connectivity index (χ1n) is 8.10. The number of rotatable bonds is 5. The van der Waals surface area contributed by atoms with Crippen molar-refractivity contribution in [1.29, 1.82) is 0 Å². The van der Waals surface area contributed by atoms with Gasteiger partial charge in [0.1, 0.15) is 6.10 Å². The lowest BCUT2D eigenvalue weighted by molar-refractivity contribution is -0.136. The standard InChI is InChI=1S/C17H25NO3/c1-2-10-21-17-14-7-8-15(17)20-11-9-18(14)16(19)12-13-5-3-4-6-13/h2-3,5,13-15,17H,1,4,6-12H2/t13-,14+,15+,17+/m0/s1. The number of nitrogens with zero attached hydrogens (tertiary/aromatic N) is 1. The van der Waals surface area contributed by atoms with Gasteiger partial charge >= 0.3 is 0 Å². The number of hydrogen-bond acceptors (Lipinski definition) is 3. The van der Waals surface area contributed by atoms with E-state index in [9.17, 15) is 4.79 Å². The third-order valence-corrected chi connectivity index (χ3v) is 4.83. The van der Waals surface area contributed by atoms with Crippen LogP contribution in [0.3, 0.4) is 0 Å². The Labute approximate surface area is 126 Å². The van der Waals surface area contributed by atoms with Crippen LogP contribution in [0.15, 0.2) is 24.8 Å². The average Bonchev–Trinajstić information content (AvgIpc) is 3.04. The quantitative estimate of drug-likeness (QED) is 0.730. The molecule has 0 spiro atoms. The van der Waals surface area contributed by atoms with Crippen LogP contribution in [0.25, 0.3) is 0 Å². The van der Waals surface area contributed by atoms with E-state index in [1.54, 1.807) is 6.08 Å². The fourth-order valence-electron chi connectivity index (χ4n) is 3.81. The van der Waals surface area contributed by atoms with Gasteiger partial charge in [0.25, 0.3) is 0 Å². The summed E-state index contributed by atoms with van der Waals surface area (Å²) in [6.07, 6.45) is 11.1. The van der Waals surface area contributed by atoms with Crippen LogP contribution in [0.4, 0.5) is 0 Å². The Bertz CT molecular complexity index is 420. The number of amides is 1. The molecule has 2 bridgehead atoms. The van der Waals surface area contributed by atoms with Crippen molar-refractivity contribution in [3.8, 4) is 0 Å². The molecular formula is C17H25NO3. The van der Waals surface area contributed by atoms with Crippen molar-refractivity contribution in [1.82, 2.24) is 4.90 Å². The lowest BCUT2D eigenvalue weighted by Gasteiger charge is -2.31. The van der Waals surface area contributed by atoms with Gasteiger partial charge in [-0.25, -0.2) is 0 Å². The average molecular weight is 291 g/mol. The molecule has 1 aliphatic heterocycles. The SMILES string of the molecule is C=CCO[C@@H]1[C@H]2CC[C@H]1OCCN2C(=O)C[C@H]1C=CCC1. The molecule has 116 valence electrons. The maximum absolute atomic E-state index is 12.7. The predicted molar refractivity (Wildman–Crippen MR) is 80.9 cm³/mol. The molecule has 1 amide bonds. The number of ether oxygens (including phenoxy) is 2. The van der Waals surface area contributed by atoms with Crippen LogP contribution in [0.1, 0.15) is 32.1 Å². The lowest BCUT2D eigenvalue weighted by Crippen LogP contribution is -2.46. The number of hydrogen-bond donors (Lipinski definition) is 0. The highest BCUT2D eigenvalue weighted by molar-refractivity contribution is 5.77. The molecule has 0 aromatic rings. The first kappa shape index (κ1) is 14.8. The third kappa shape index (κ3) is 3.22. The predicted octanol–water partition coefficient (Wildman–Crippen LogP) is 2.30. The van der Waals surface area contributed by atoms with Crippen molar-refractivity contribution in [2.75, 3.05) is 19.8 Å². The Morgan fingerprint density at radius 1 is 1.43 bits per heavy atom. The smallest absolute Gasteiger partial charge is 0.223 e. The maximum atomic E-state index is 12.7. The van der Waals surface area contributed by atoms with Gasteiger partial charge in [0.15, 0.2) is 0 Å². The number of allylic oxidation sites excluding steroid dienone is 2. The van der Waals surface area contributed by atoms with Crippen LogP contribution in [0.5, 0.6) is 0 Å². The highest BCUT2D eigenvalue weighted by Crippen LogP contribution is 2.33. The molecule has 0 N–H and O–H groups in total. The van der Waals surface area contributed by atoms with E-state index in [0.29, 0.717) is 32.1 Å². The van der Waals surface area contributed by atoms with Crippen LogP contribution in [0.2, 0.25) is 0 Å². The molecule has 2 fully saturated rings. The second kappa shape index (κ2) is 6.75. The summed E-state index contributed by atoms with van der Waals surface area (Å²) in [5.41, 5.74) is 0. The topological polar surface area (TPSA) is 38.8 Å². The van der Waals surface area contributed by atoms with Crippen molar-refractivity contribution in [2.24, 2.45) is 5.92 Å². The van der Waals surface area contributed by atoms with Gasteiger partial charge in [0, 0.05) is 13.0 Å². The monoisotopic (exact) mass is 291 g/mol. The van der Waals surface area contributed by atoms with E-state index in [-0.39, 0.29) is 24.2 Å². The minimum atomic E-state index is 0.00794. The molecule has 0 radical (unpaired) electrons. The zero-order chi connectivity index (χ0) is 14.7. The number of carbonyl (C=O) groups is 1. The first-order chi connectivity index (χ1) is 10.3. The Morgan fingerprint density at radius 2 is 2.33 bits per heavy atom. The zero-order valence-corrected chi connectivity index (χ0v) is 12.6. The van der Waals surface area contributed by atoms with E-state index < -0.39 is 0 Å².